The summed E-state index contributed by atoms with van der Waals surface area (Å²) in [5, 5.41) is 18.5. The average molecular weight is 199 g/mol. The summed E-state index contributed by atoms with van der Waals surface area (Å²) in [6.45, 7) is 2.06. The Hall–Kier alpha value is -1.59. The van der Waals surface area contributed by atoms with E-state index in [1.165, 1.54) is 5.57 Å². The zero-order valence-electron chi connectivity index (χ0n) is 8.70. The molecule has 15 heavy (non-hydrogen) atoms. The van der Waals surface area contributed by atoms with Crippen LogP contribution in [0.2, 0.25) is 0 Å². The number of allylic oxidation sites excluding steroid dienone is 1. The smallest absolute Gasteiger partial charge is 0.0991 e. The summed E-state index contributed by atoms with van der Waals surface area (Å²) in [6.07, 6.45) is 1.45. The van der Waals surface area contributed by atoms with Gasteiger partial charge in [-0.05, 0) is 43.0 Å². The van der Waals surface area contributed by atoms with Gasteiger partial charge in [0.1, 0.15) is 0 Å². The monoisotopic (exact) mass is 199 g/mol. The van der Waals surface area contributed by atoms with Crippen molar-refractivity contribution in [3.63, 3.8) is 0 Å². The highest BCUT2D eigenvalue weighted by molar-refractivity contribution is 5.73. The largest absolute Gasteiger partial charge is 0.388 e. The van der Waals surface area contributed by atoms with Crippen molar-refractivity contribution in [2.75, 3.05) is 0 Å². The number of aliphatic hydroxyl groups is 1. The Balaban J connectivity index is 2.38. The average Bonchev–Trinajstić information content (AvgIpc) is 2.59. The quantitative estimate of drug-likeness (QED) is 0.755. The van der Waals surface area contributed by atoms with Gasteiger partial charge in [0.05, 0.1) is 17.7 Å². The van der Waals surface area contributed by atoms with Gasteiger partial charge in [-0.1, -0.05) is 17.7 Å². The van der Waals surface area contributed by atoms with E-state index in [0.29, 0.717) is 5.56 Å². The molecule has 0 aromatic heterocycles. The van der Waals surface area contributed by atoms with Crippen molar-refractivity contribution >= 4 is 5.57 Å². The zero-order valence-corrected chi connectivity index (χ0v) is 8.70. The summed E-state index contributed by atoms with van der Waals surface area (Å²) in [5.41, 5.74) is 3.99. The van der Waals surface area contributed by atoms with Crippen LogP contribution >= 0.6 is 0 Å². The van der Waals surface area contributed by atoms with Crippen molar-refractivity contribution in [2.24, 2.45) is 0 Å². The first-order valence-corrected chi connectivity index (χ1v) is 5.10. The SMILES string of the molecule is CC1=C(c2ccc(C#N)cc2)C(O)CC1. The number of aliphatic hydroxyl groups excluding tert-OH is 1. The lowest BCUT2D eigenvalue weighted by Gasteiger charge is -2.09. The van der Waals surface area contributed by atoms with Gasteiger partial charge in [0.15, 0.2) is 0 Å². The summed E-state index contributed by atoms with van der Waals surface area (Å²) >= 11 is 0. The maximum absolute atomic E-state index is 9.82. The van der Waals surface area contributed by atoms with E-state index in [-0.39, 0.29) is 6.10 Å². The standard InChI is InChI=1S/C13H13NO/c1-9-2-7-12(15)13(9)11-5-3-10(8-14)4-6-11/h3-6,12,15H,2,7H2,1H3. The molecule has 2 nitrogen and oxygen atoms in total. The molecule has 2 heteroatoms. The molecule has 0 bridgehead atoms. The maximum atomic E-state index is 9.82. The van der Waals surface area contributed by atoms with Crippen LogP contribution < -0.4 is 0 Å². The molecule has 0 amide bonds. The lowest BCUT2D eigenvalue weighted by Crippen LogP contribution is -2.03. The van der Waals surface area contributed by atoms with E-state index in [0.717, 1.165) is 24.0 Å². The van der Waals surface area contributed by atoms with Crippen LogP contribution in [0.3, 0.4) is 0 Å². The predicted molar refractivity (Wildman–Crippen MR) is 59.0 cm³/mol. The number of rotatable bonds is 1. The fourth-order valence-electron chi connectivity index (χ4n) is 2.08. The lowest BCUT2D eigenvalue weighted by molar-refractivity contribution is 0.231. The molecule has 1 N–H and O–H groups in total. The number of hydrogen-bond acceptors (Lipinski definition) is 2. The van der Waals surface area contributed by atoms with Crippen LogP contribution in [0, 0.1) is 11.3 Å². The van der Waals surface area contributed by atoms with Gasteiger partial charge < -0.3 is 5.11 Å². The molecule has 0 fully saturated rings. The molecule has 1 aromatic rings. The first-order chi connectivity index (χ1) is 7.22. The molecule has 1 aliphatic carbocycles. The van der Waals surface area contributed by atoms with Gasteiger partial charge in [-0.3, -0.25) is 0 Å². The zero-order chi connectivity index (χ0) is 10.8. The highest BCUT2D eigenvalue weighted by Gasteiger charge is 2.21. The highest BCUT2D eigenvalue weighted by Crippen LogP contribution is 2.33. The number of nitriles is 1. The molecule has 0 spiro atoms. The fraction of sp³-hybridized carbons (Fsp3) is 0.308. The Labute approximate surface area is 89.5 Å². The van der Waals surface area contributed by atoms with E-state index in [9.17, 15) is 5.11 Å². The van der Waals surface area contributed by atoms with Crippen molar-refractivity contribution in [2.45, 2.75) is 25.9 Å². The van der Waals surface area contributed by atoms with Crippen molar-refractivity contribution in [3.05, 3.63) is 41.0 Å². The maximum Gasteiger partial charge on any atom is 0.0991 e. The Kier molecular flexibility index (Phi) is 2.57. The molecule has 0 saturated heterocycles. The molecule has 1 unspecified atom stereocenters. The van der Waals surface area contributed by atoms with E-state index in [1.807, 2.05) is 12.1 Å². The summed E-state index contributed by atoms with van der Waals surface area (Å²) in [5.74, 6) is 0. The first kappa shape index (κ1) is 9.95. The third-order valence-corrected chi connectivity index (χ3v) is 2.91. The van der Waals surface area contributed by atoms with E-state index in [2.05, 4.69) is 13.0 Å². The number of benzene rings is 1. The van der Waals surface area contributed by atoms with Crippen molar-refractivity contribution in [3.8, 4) is 6.07 Å². The minimum absolute atomic E-state index is 0.335. The Morgan fingerprint density at radius 1 is 1.33 bits per heavy atom. The second-order valence-corrected chi connectivity index (χ2v) is 3.94. The van der Waals surface area contributed by atoms with Gasteiger partial charge >= 0.3 is 0 Å². The molecule has 0 aliphatic heterocycles. The topological polar surface area (TPSA) is 44.0 Å². The van der Waals surface area contributed by atoms with Crippen LogP contribution in [0.15, 0.2) is 29.8 Å². The van der Waals surface area contributed by atoms with Crippen molar-refractivity contribution in [1.29, 1.82) is 5.26 Å². The minimum Gasteiger partial charge on any atom is -0.388 e. The van der Waals surface area contributed by atoms with E-state index in [4.69, 9.17) is 5.26 Å². The molecule has 0 heterocycles. The van der Waals surface area contributed by atoms with Gasteiger partial charge in [-0.15, -0.1) is 0 Å². The van der Waals surface area contributed by atoms with E-state index in [1.54, 1.807) is 12.1 Å². The molecule has 2 rings (SSSR count). The minimum atomic E-state index is -0.335. The van der Waals surface area contributed by atoms with Crippen molar-refractivity contribution < 1.29 is 5.11 Å². The highest BCUT2D eigenvalue weighted by atomic mass is 16.3. The van der Waals surface area contributed by atoms with Crippen molar-refractivity contribution in [1.82, 2.24) is 0 Å². The van der Waals surface area contributed by atoms with Gasteiger partial charge in [0.25, 0.3) is 0 Å². The first-order valence-electron chi connectivity index (χ1n) is 5.10. The molecule has 1 aromatic carbocycles. The molecule has 1 aliphatic rings. The summed E-state index contributed by atoms with van der Waals surface area (Å²) in [7, 11) is 0. The van der Waals surface area contributed by atoms with Crippen LogP contribution in [0.4, 0.5) is 0 Å². The van der Waals surface area contributed by atoms with Crippen LogP contribution in [0.5, 0.6) is 0 Å². The van der Waals surface area contributed by atoms with E-state index >= 15 is 0 Å². The second-order valence-electron chi connectivity index (χ2n) is 3.94. The van der Waals surface area contributed by atoms with Crippen LogP contribution in [0.25, 0.3) is 5.57 Å². The second kappa shape index (κ2) is 3.88. The summed E-state index contributed by atoms with van der Waals surface area (Å²) in [6, 6.07) is 9.49. The third kappa shape index (κ3) is 1.79. The molecular formula is C13H13NO. The normalized spacial score (nSPS) is 20.5. The van der Waals surface area contributed by atoms with Gasteiger partial charge in [0.2, 0.25) is 0 Å². The number of nitrogens with zero attached hydrogens (tertiary/aromatic N) is 1. The van der Waals surface area contributed by atoms with Crippen LogP contribution in [0.1, 0.15) is 30.9 Å². The fourth-order valence-corrected chi connectivity index (χ4v) is 2.08. The van der Waals surface area contributed by atoms with Gasteiger partial charge in [0, 0.05) is 0 Å². The summed E-state index contributed by atoms with van der Waals surface area (Å²) < 4.78 is 0. The number of hydrogen-bond donors (Lipinski definition) is 1. The van der Waals surface area contributed by atoms with Gasteiger partial charge in [-0.2, -0.15) is 5.26 Å². The Morgan fingerprint density at radius 3 is 2.47 bits per heavy atom. The van der Waals surface area contributed by atoms with Crippen LogP contribution in [-0.4, -0.2) is 11.2 Å². The predicted octanol–water partition coefficient (Wildman–Crippen LogP) is 2.49. The van der Waals surface area contributed by atoms with E-state index < -0.39 is 0 Å². The van der Waals surface area contributed by atoms with Gasteiger partial charge in [-0.25, -0.2) is 0 Å². The molecular weight excluding hydrogens is 186 g/mol. The molecule has 76 valence electrons. The summed E-state index contributed by atoms with van der Waals surface area (Å²) in [4.78, 5) is 0. The molecule has 0 saturated carbocycles. The Bertz CT molecular complexity index is 437. The van der Waals surface area contributed by atoms with Crippen LogP contribution in [-0.2, 0) is 0 Å². The third-order valence-electron chi connectivity index (χ3n) is 2.91. The lowest BCUT2D eigenvalue weighted by atomic mass is 10.00. The Morgan fingerprint density at radius 2 is 2.00 bits per heavy atom. The molecule has 1 atom stereocenters. The molecule has 0 radical (unpaired) electrons.